The lowest BCUT2D eigenvalue weighted by molar-refractivity contribution is -0.136. The van der Waals surface area contributed by atoms with Gasteiger partial charge in [-0.25, -0.2) is 0 Å². The molecule has 2 aliphatic rings. The van der Waals surface area contributed by atoms with Gasteiger partial charge in [0.15, 0.2) is 0 Å². The first-order valence-corrected chi connectivity index (χ1v) is 7.83. The maximum atomic E-state index is 12.1. The van der Waals surface area contributed by atoms with Gasteiger partial charge in [0.1, 0.15) is 6.04 Å². The number of fused-ring (bicyclic) bond motifs is 2. The second kappa shape index (κ2) is 7.29. The maximum absolute atomic E-state index is 12.1. The van der Waals surface area contributed by atoms with Crippen LogP contribution in [0.3, 0.4) is 0 Å². The van der Waals surface area contributed by atoms with Crippen LogP contribution in [0, 0.1) is 0 Å². The van der Waals surface area contributed by atoms with Gasteiger partial charge in [0.05, 0.1) is 0 Å². The summed E-state index contributed by atoms with van der Waals surface area (Å²) in [5.74, 6) is 1.02. The van der Waals surface area contributed by atoms with Crippen LogP contribution in [-0.2, 0) is 9.45 Å². The van der Waals surface area contributed by atoms with Crippen molar-refractivity contribution in [1.29, 1.82) is 0 Å². The third-order valence-corrected chi connectivity index (χ3v) is 4.73. The van der Waals surface area contributed by atoms with Crippen molar-refractivity contribution >= 4 is 12.9 Å². The van der Waals surface area contributed by atoms with Crippen LogP contribution in [0.1, 0.15) is 51.4 Å². The predicted octanol–water partition coefficient (Wildman–Crippen LogP) is 1.96. The molecule has 4 nitrogen and oxygen atoms in total. The summed E-state index contributed by atoms with van der Waals surface area (Å²) < 4.78 is 5.77. The van der Waals surface area contributed by atoms with Crippen molar-refractivity contribution in [1.82, 2.24) is 5.32 Å². The lowest BCUT2D eigenvalue weighted by atomic mass is 9.38. The fourth-order valence-electron chi connectivity index (χ4n) is 3.65. The van der Waals surface area contributed by atoms with Crippen molar-refractivity contribution in [2.45, 2.75) is 69.0 Å². The van der Waals surface area contributed by atoms with Crippen molar-refractivity contribution < 1.29 is 9.45 Å². The van der Waals surface area contributed by atoms with E-state index in [-0.39, 0.29) is 12.9 Å². The van der Waals surface area contributed by atoms with Gasteiger partial charge in [-0.3, -0.25) is 4.79 Å². The Morgan fingerprint density at radius 1 is 1.32 bits per heavy atom. The fourth-order valence-corrected chi connectivity index (χ4v) is 3.65. The standard InChI is InChI=1S/C14H27BN2O2/c1-17-10-4-9-13(16)14(18)19-15-11-5-2-6-12(15)8-3-7-11/h11-13,17H,2-10,16H2,1H3/t11?,12?,13-/m0/s1. The molecule has 0 saturated carbocycles. The van der Waals surface area contributed by atoms with Crippen molar-refractivity contribution in [3.05, 3.63) is 0 Å². The van der Waals surface area contributed by atoms with E-state index < -0.39 is 6.04 Å². The Bertz CT molecular complexity index is 279. The SMILES string of the molecule is CNCCC[C@H](N)C(=O)OB1C2CCCC1CCC2. The van der Waals surface area contributed by atoms with Crippen molar-refractivity contribution in [2.24, 2.45) is 5.73 Å². The number of rotatable bonds is 6. The van der Waals surface area contributed by atoms with Gasteiger partial charge >= 0.3 is 12.9 Å². The van der Waals surface area contributed by atoms with Gasteiger partial charge in [-0.15, -0.1) is 0 Å². The molecule has 2 fully saturated rings. The van der Waals surface area contributed by atoms with Gasteiger partial charge in [-0.1, -0.05) is 38.5 Å². The molecule has 0 amide bonds. The van der Waals surface area contributed by atoms with Crippen LogP contribution in [0.25, 0.3) is 0 Å². The minimum atomic E-state index is -0.448. The van der Waals surface area contributed by atoms with Crippen LogP contribution < -0.4 is 11.1 Å². The third-order valence-electron chi connectivity index (χ3n) is 4.73. The highest BCUT2D eigenvalue weighted by Gasteiger charge is 2.43. The fraction of sp³-hybridized carbons (Fsp3) is 0.929. The Hall–Kier alpha value is -0.545. The zero-order chi connectivity index (χ0) is 13.7. The second-order valence-corrected chi connectivity index (χ2v) is 6.14. The Morgan fingerprint density at radius 3 is 2.42 bits per heavy atom. The summed E-state index contributed by atoms with van der Waals surface area (Å²) in [4.78, 5) is 12.1. The monoisotopic (exact) mass is 266 g/mol. The smallest absolute Gasteiger partial charge is 0.367 e. The molecule has 0 aromatic heterocycles. The van der Waals surface area contributed by atoms with Gasteiger partial charge in [-0.05, 0) is 38.1 Å². The van der Waals surface area contributed by atoms with Crippen molar-refractivity contribution in [3.8, 4) is 0 Å². The summed E-state index contributed by atoms with van der Waals surface area (Å²) in [5.41, 5.74) is 5.92. The number of hydrogen-bond acceptors (Lipinski definition) is 4. The summed E-state index contributed by atoms with van der Waals surface area (Å²) in [6, 6.07) is -0.448. The molecular formula is C14H27BN2O2. The zero-order valence-corrected chi connectivity index (χ0v) is 12.1. The minimum absolute atomic E-state index is 0.158. The zero-order valence-electron chi connectivity index (χ0n) is 12.1. The Morgan fingerprint density at radius 2 is 1.89 bits per heavy atom. The predicted molar refractivity (Wildman–Crippen MR) is 78.2 cm³/mol. The van der Waals surface area contributed by atoms with E-state index in [4.69, 9.17) is 10.4 Å². The summed E-state index contributed by atoms with van der Waals surface area (Å²) in [5, 5.41) is 3.07. The van der Waals surface area contributed by atoms with E-state index in [1.165, 1.54) is 38.5 Å². The highest BCUT2D eigenvalue weighted by Crippen LogP contribution is 2.46. The molecule has 0 unspecified atom stereocenters. The van der Waals surface area contributed by atoms with Crippen LogP contribution in [0.5, 0.6) is 0 Å². The highest BCUT2D eigenvalue weighted by molar-refractivity contribution is 6.57. The first kappa shape index (κ1) is 14.9. The lowest BCUT2D eigenvalue weighted by Crippen LogP contribution is -2.43. The Labute approximate surface area is 116 Å². The lowest BCUT2D eigenvalue weighted by Gasteiger charge is -2.39. The molecule has 0 radical (unpaired) electrons. The highest BCUT2D eigenvalue weighted by atomic mass is 16.5. The molecule has 1 atom stereocenters. The summed E-state index contributed by atoms with van der Waals surface area (Å²) in [7, 11) is 1.91. The molecule has 5 heteroatoms. The van der Waals surface area contributed by atoms with Crippen LogP contribution in [0.4, 0.5) is 0 Å². The second-order valence-electron chi connectivity index (χ2n) is 6.14. The van der Waals surface area contributed by atoms with Crippen LogP contribution in [-0.4, -0.2) is 32.5 Å². The molecule has 0 aliphatic carbocycles. The van der Waals surface area contributed by atoms with Gasteiger partial charge in [0.25, 0.3) is 0 Å². The number of carbonyl (C=O) groups excluding carboxylic acids is 1. The first-order valence-electron chi connectivity index (χ1n) is 7.83. The molecule has 0 aromatic rings. The molecule has 2 heterocycles. The number of nitrogens with two attached hydrogens (primary N) is 1. The largest absolute Gasteiger partial charge is 0.535 e. The Balaban J connectivity index is 1.80. The van der Waals surface area contributed by atoms with Crippen LogP contribution >= 0.6 is 0 Å². The molecule has 108 valence electrons. The van der Waals surface area contributed by atoms with E-state index in [1.54, 1.807) is 0 Å². The summed E-state index contributed by atoms with van der Waals surface area (Å²) in [6.07, 6.45) is 9.14. The molecule has 19 heavy (non-hydrogen) atoms. The first-order chi connectivity index (χ1) is 9.22. The van der Waals surface area contributed by atoms with Gasteiger partial charge in [0, 0.05) is 0 Å². The quantitative estimate of drug-likeness (QED) is 0.569. The number of nitrogens with one attached hydrogen (secondary N) is 1. The third kappa shape index (κ3) is 3.96. The average molecular weight is 266 g/mol. The Kier molecular flexibility index (Phi) is 5.70. The number of hydrogen-bond donors (Lipinski definition) is 2. The van der Waals surface area contributed by atoms with Gasteiger partial charge in [0.2, 0.25) is 0 Å². The van der Waals surface area contributed by atoms with Gasteiger partial charge < -0.3 is 15.7 Å². The molecule has 2 saturated heterocycles. The normalized spacial score (nSPS) is 28.0. The van der Waals surface area contributed by atoms with Crippen molar-refractivity contribution in [3.63, 3.8) is 0 Å². The topological polar surface area (TPSA) is 64.3 Å². The van der Waals surface area contributed by atoms with E-state index in [1.807, 2.05) is 7.05 Å². The maximum Gasteiger partial charge on any atom is 0.367 e. The van der Waals surface area contributed by atoms with E-state index in [2.05, 4.69) is 5.32 Å². The minimum Gasteiger partial charge on any atom is -0.535 e. The van der Waals surface area contributed by atoms with E-state index in [9.17, 15) is 4.79 Å². The van der Waals surface area contributed by atoms with E-state index in [0.29, 0.717) is 18.1 Å². The summed E-state index contributed by atoms with van der Waals surface area (Å²) >= 11 is 0. The molecule has 2 rings (SSSR count). The number of carbonyl (C=O) groups is 1. The molecule has 3 N–H and O–H groups in total. The average Bonchev–Trinajstić information content (AvgIpc) is 2.38. The molecular weight excluding hydrogens is 239 g/mol. The molecule has 0 aromatic carbocycles. The summed E-state index contributed by atoms with van der Waals surface area (Å²) in [6.45, 7) is 1.06. The molecule has 2 aliphatic heterocycles. The van der Waals surface area contributed by atoms with E-state index >= 15 is 0 Å². The van der Waals surface area contributed by atoms with Gasteiger partial charge in [-0.2, -0.15) is 0 Å². The van der Waals surface area contributed by atoms with Crippen molar-refractivity contribution in [2.75, 3.05) is 13.6 Å². The van der Waals surface area contributed by atoms with E-state index in [0.717, 1.165) is 13.0 Å². The molecule has 0 spiro atoms. The van der Waals surface area contributed by atoms with Crippen LogP contribution in [0.15, 0.2) is 0 Å². The molecule has 2 bridgehead atoms. The van der Waals surface area contributed by atoms with Crippen LogP contribution in [0.2, 0.25) is 11.6 Å².